The molecule has 0 bridgehead atoms. The number of nitrogens with one attached hydrogen (secondary N) is 1. The monoisotopic (exact) mass is 289 g/mol. The van der Waals surface area contributed by atoms with Crippen LogP contribution in [-0.4, -0.2) is 46.6 Å². The van der Waals surface area contributed by atoms with E-state index in [4.69, 9.17) is 5.73 Å². The van der Waals surface area contributed by atoms with Gasteiger partial charge >= 0.3 is 7.12 Å². The Morgan fingerprint density at radius 1 is 1.33 bits per heavy atom. The highest BCUT2D eigenvalue weighted by molar-refractivity contribution is 6.43. The van der Waals surface area contributed by atoms with E-state index in [1.807, 2.05) is 24.3 Å². The fourth-order valence-corrected chi connectivity index (χ4v) is 3.31. The third-order valence-electron chi connectivity index (χ3n) is 4.52. The molecule has 0 radical (unpaired) electrons. The predicted octanol–water partition coefficient (Wildman–Crippen LogP) is -0.837. The van der Waals surface area contributed by atoms with Crippen molar-refractivity contribution in [2.24, 2.45) is 5.73 Å². The fourth-order valence-electron chi connectivity index (χ4n) is 3.31. The van der Waals surface area contributed by atoms with Crippen LogP contribution in [0.3, 0.4) is 0 Å². The highest BCUT2D eigenvalue weighted by Crippen LogP contribution is 2.36. The molecule has 1 fully saturated rings. The van der Waals surface area contributed by atoms with Gasteiger partial charge in [-0.1, -0.05) is 24.3 Å². The summed E-state index contributed by atoms with van der Waals surface area (Å²) in [7, 11) is -1.61. The molecule has 1 amide bonds. The number of benzene rings is 1. The van der Waals surface area contributed by atoms with Crippen LogP contribution in [0.25, 0.3) is 0 Å². The largest absolute Gasteiger partial charge is 0.480 e. The van der Waals surface area contributed by atoms with Gasteiger partial charge < -0.3 is 26.0 Å². The number of carbonyl (C=O) groups excluding carboxylic acids is 1. The van der Waals surface area contributed by atoms with Crippen LogP contribution in [0.5, 0.6) is 0 Å². The maximum atomic E-state index is 12.9. The van der Waals surface area contributed by atoms with Crippen molar-refractivity contribution in [1.82, 2.24) is 10.2 Å². The van der Waals surface area contributed by atoms with Crippen LogP contribution in [0.2, 0.25) is 0 Å². The molecule has 0 aromatic heterocycles. The van der Waals surface area contributed by atoms with Crippen molar-refractivity contribution in [1.29, 1.82) is 0 Å². The van der Waals surface area contributed by atoms with E-state index in [-0.39, 0.29) is 5.91 Å². The molecule has 0 spiro atoms. The molecule has 1 aromatic rings. The predicted molar refractivity (Wildman–Crippen MR) is 78.9 cm³/mol. The second-order valence-electron chi connectivity index (χ2n) is 5.90. The molecule has 1 atom stereocenters. The molecule has 1 aromatic carbocycles. The SMILES string of the molecule is NC1(C(=O)N2Cc3ccccc3[C@H]2B(O)O)CCNCC1. The number of carbonyl (C=O) groups is 1. The lowest BCUT2D eigenvalue weighted by Crippen LogP contribution is -2.60. The van der Waals surface area contributed by atoms with E-state index >= 15 is 0 Å². The molecule has 5 N–H and O–H groups in total. The molecule has 7 heteroatoms. The Balaban J connectivity index is 1.90. The Morgan fingerprint density at radius 3 is 2.67 bits per heavy atom. The van der Waals surface area contributed by atoms with Crippen LogP contribution in [0.4, 0.5) is 0 Å². The van der Waals surface area contributed by atoms with Crippen LogP contribution in [-0.2, 0) is 11.3 Å². The van der Waals surface area contributed by atoms with Crippen molar-refractivity contribution in [3.8, 4) is 0 Å². The van der Waals surface area contributed by atoms with Crippen molar-refractivity contribution < 1.29 is 14.8 Å². The first-order valence-electron chi connectivity index (χ1n) is 7.27. The summed E-state index contributed by atoms with van der Waals surface area (Å²) < 4.78 is 0. The third kappa shape index (κ3) is 2.46. The number of rotatable bonds is 2. The quantitative estimate of drug-likeness (QED) is 0.532. The number of fused-ring (bicyclic) bond motifs is 1. The van der Waals surface area contributed by atoms with Gasteiger partial charge in [-0.25, -0.2) is 0 Å². The van der Waals surface area contributed by atoms with Gasteiger partial charge in [0.1, 0.15) is 0 Å². The lowest BCUT2D eigenvalue weighted by molar-refractivity contribution is -0.139. The Kier molecular flexibility index (Phi) is 3.75. The van der Waals surface area contributed by atoms with Crippen molar-refractivity contribution in [2.75, 3.05) is 13.1 Å². The van der Waals surface area contributed by atoms with Crippen molar-refractivity contribution in [3.05, 3.63) is 35.4 Å². The third-order valence-corrected chi connectivity index (χ3v) is 4.52. The molecule has 2 heterocycles. The first kappa shape index (κ1) is 14.5. The Labute approximate surface area is 124 Å². The summed E-state index contributed by atoms with van der Waals surface area (Å²) in [5.74, 6) is -0.928. The van der Waals surface area contributed by atoms with Crippen molar-refractivity contribution >= 4 is 13.0 Å². The molecular weight excluding hydrogens is 269 g/mol. The van der Waals surface area contributed by atoms with Gasteiger partial charge in [-0.2, -0.15) is 0 Å². The molecular formula is C14H20BN3O3. The number of hydrogen-bond donors (Lipinski definition) is 4. The molecule has 0 saturated carbocycles. The highest BCUT2D eigenvalue weighted by atomic mass is 16.4. The molecule has 1 saturated heterocycles. The van der Waals surface area contributed by atoms with Crippen molar-refractivity contribution in [2.45, 2.75) is 30.9 Å². The topological polar surface area (TPSA) is 98.8 Å². The zero-order valence-corrected chi connectivity index (χ0v) is 11.8. The highest BCUT2D eigenvalue weighted by Gasteiger charge is 2.47. The van der Waals surface area contributed by atoms with Crippen LogP contribution in [0.1, 0.15) is 29.9 Å². The molecule has 112 valence electrons. The molecule has 0 aliphatic carbocycles. The first-order chi connectivity index (χ1) is 10.0. The Bertz CT molecular complexity index is 546. The standard InChI is InChI=1S/C14H20BN3O3/c16-14(5-7-17-8-6-14)13(19)18-9-10-3-1-2-4-11(10)12(18)15(20)21/h1-4,12,17,20-21H,5-9,16H2/t12-/m0/s1. The van der Waals surface area contributed by atoms with Gasteiger partial charge in [-0.3, -0.25) is 4.79 Å². The lowest BCUT2D eigenvalue weighted by Gasteiger charge is -2.37. The van der Waals surface area contributed by atoms with E-state index in [1.165, 1.54) is 4.90 Å². The molecule has 2 aliphatic rings. The maximum absolute atomic E-state index is 12.9. The average Bonchev–Trinajstić information content (AvgIpc) is 2.86. The Morgan fingerprint density at radius 2 is 2.00 bits per heavy atom. The average molecular weight is 289 g/mol. The van der Waals surface area contributed by atoms with Gasteiger partial charge in [-0.15, -0.1) is 0 Å². The van der Waals surface area contributed by atoms with E-state index in [2.05, 4.69) is 5.32 Å². The number of hydrogen-bond acceptors (Lipinski definition) is 5. The number of piperidine rings is 1. The van der Waals surface area contributed by atoms with Crippen LogP contribution < -0.4 is 11.1 Å². The van der Waals surface area contributed by atoms with Gasteiger partial charge in [-0.05, 0) is 37.1 Å². The summed E-state index contributed by atoms with van der Waals surface area (Å²) in [4.78, 5) is 14.4. The number of nitrogens with two attached hydrogens (primary N) is 1. The number of nitrogens with zero attached hydrogens (tertiary/aromatic N) is 1. The van der Waals surface area contributed by atoms with Gasteiger partial charge in [0.15, 0.2) is 0 Å². The van der Waals surface area contributed by atoms with E-state index < -0.39 is 18.6 Å². The number of amides is 1. The molecule has 6 nitrogen and oxygen atoms in total. The van der Waals surface area contributed by atoms with Crippen LogP contribution in [0.15, 0.2) is 24.3 Å². The van der Waals surface area contributed by atoms with E-state index in [9.17, 15) is 14.8 Å². The van der Waals surface area contributed by atoms with Gasteiger partial charge in [0.2, 0.25) is 5.91 Å². The smallest absolute Gasteiger partial charge is 0.426 e. The van der Waals surface area contributed by atoms with Crippen molar-refractivity contribution in [3.63, 3.8) is 0 Å². The molecule has 3 rings (SSSR count). The van der Waals surface area contributed by atoms with Gasteiger partial charge in [0.05, 0.1) is 11.5 Å². The van der Waals surface area contributed by atoms with Gasteiger partial charge in [0, 0.05) is 6.54 Å². The van der Waals surface area contributed by atoms with E-state index in [1.54, 1.807) is 0 Å². The second kappa shape index (κ2) is 5.42. The van der Waals surface area contributed by atoms with E-state index in [0.29, 0.717) is 32.5 Å². The summed E-state index contributed by atoms with van der Waals surface area (Å²) in [5, 5.41) is 22.6. The first-order valence-corrected chi connectivity index (χ1v) is 7.27. The summed E-state index contributed by atoms with van der Waals surface area (Å²) in [6.07, 6.45) is 1.12. The minimum atomic E-state index is -1.61. The Hall–Kier alpha value is -1.41. The molecule has 21 heavy (non-hydrogen) atoms. The molecule has 0 unspecified atom stereocenters. The summed E-state index contributed by atoms with van der Waals surface area (Å²) in [5.41, 5.74) is 7.10. The van der Waals surface area contributed by atoms with Gasteiger partial charge in [0.25, 0.3) is 0 Å². The zero-order valence-electron chi connectivity index (χ0n) is 11.8. The normalized spacial score (nSPS) is 23.8. The second-order valence-corrected chi connectivity index (χ2v) is 5.90. The minimum absolute atomic E-state index is 0.196. The summed E-state index contributed by atoms with van der Waals surface area (Å²) >= 11 is 0. The summed E-state index contributed by atoms with van der Waals surface area (Å²) in [6.45, 7) is 1.79. The minimum Gasteiger partial charge on any atom is -0.426 e. The zero-order chi connectivity index (χ0) is 15.0. The maximum Gasteiger partial charge on any atom is 0.480 e. The summed E-state index contributed by atoms with van der Waals surface area (Å²) in [6, 6.07) is 7.46. The van der Waals surface area contributed by atoms with Crippen LogP contribution in [0, 0.1) is 0 Å². The van der Waals surface area contributed by atoms with Crippen LogP contribution >= 0.6 is 0 Å². The fraction of sp³-hybridized carbons (Fsp3) is 0.500. The van der Waals surface area contributed by atoms with E-state index in [0.717, 1.165) is 11.1 Å². The lowest BCUT2D eigenvalue weighted by atomic mass is 9.74. The molecule has 2 aliphatic heterocycles.